The molecule has 0 saturated carbocycles. The van der Waals surface area contributed by atoms with Gasteiger partial charge in [-0.3, -0.25) is 0 Å². The van der Waals surface area contributed by atoms with Crippen LogP contribution in [0.4, 0.5) is 5.13 Å². The van der Waals surface area contributed by atoms with Gasteiger partial charge in [0.05, 0.1) is 11.5 Å². The molecule has 0 aliphatic carbocycles. The van der Waals surface area contributed by atoms with Crippen LogP contribution in [0, 0.1) is 5.92 Å². The number of ether oxygens (including phenoxy) is 1. The summed E-state index contributed by atoms with van der Waals surface area (Å²) in [6, 6.07) is 0. The summed E-state index contributed by atoms with van der Waals surface area (Å²) in [6.45, 7) is 9.23. The third-order valence-electron chi connectivity index (χ3n) is 3.22. The lowest BCUT2D eigenvalue weighted by molar-refractivity contribution is 0.0835. The molecule has 1 N–H and O–H groups in total. The predicted molar refractivity (Wildman–Crippen MR) is 83.9 cm³/mol. The highest BCUT2D eigenvalue weighted by molar-refractivity contribution is 7.15. The van der Waals surface area contributed by atoms with E-state index in [0.29, 0.717) is 12.5 Å². The Morgan fingerprint density at radius 3 is 2.84 bits per heavy atom. The van der Waals surface area contributed by atoms with Gasteiger partial charge in [-0.15, -0.1) is 0 Å². The van der Waals surface area contributed by atoms with Gasteiger partial charge in [0.2, 0.25) is 0 Å². The Morgan fingerprint density at radius 1 is 1.32 bits per heavy atom. The molecule has 0 aliphatic heterocycles. The van der Waals surface area contributed by atoms with E-state index in [1.807, 2.05) is 6.20 Å². The fourth-order valence-corrected chi connectivity index (χ4v) is 2.69. The van der Waals surface area contributed by atoms with E-state index >= 15 is 0 Å². The molecule has 0 spiro atoms. The number of hydrogen-bond acceptors (Lipinski definition) is 4. The molecular weight excluding hydrogens is 256 g/mol. The predicted octanol–water partition coefficient (Wildman–Crippen LogP) is 4.70. The molecule has 0 aliphatic rings. The quantitative estimate of drug-likeness (QED) is 0.639. The molecule has 0 aromatic carbocycles. The van der Waals surface area contributed by atoms with Crippen LogP contribution >= 0.6 is 11.3 Å². The number of aromatic nitrogens is 1. The van der Waals surface area contributed by atoms with Crippen molar-refractivity contribution >= 4 is 16.5 Å². The maximum absolute atomic E-state index is 5.83. The minimum Gasteiger partial charge on any atom is -0.376 e. The van der Waals surface area contributed by atoms with Crippen LogP contribution < -0.4 is 5.32 Å². The molecule has 1 rings (SSSR count). The first-order valence-electron chi connectivity index (χ1n) is 7.56. The molecule has 0 bridgehead atoms. The Morgan fingerprint density at radius 2 is 2.16 bits per heavy atom. The van der Waals surface area contributed by atoms with Crippen molar-refractivity contribution in [2.45, 2.75) is 59.5 Å². The monoisotopic (exact) mass is 284 g/mol. The highest BCUT2D eigenvalue weighted by Gasteiger charge is 2.07. The number of nitrogens with zero attached hydrogens (tertiary/aromatic N) is 1. The minimum absolute atomic E-state index is 0.702. The number of rotatable bonds is 11. The molecule has 1 atom stereocenters. The Hall–Kier alpha value is -0.610. The van der Waals surface area contributed by atoms with Crippen molar-refractivity contribution in [3.05, 3.63) is 11.1 Å². The standard InChI is InChI=1S/C15H28N2OS/c1-4-7-8-13(6-3)11-18-12-14-10-17-15(19-14)16-9-5-2/h10,13H,4-9,11-12H2,1-3H3,(H,16,17). The molecular formula is C15H28N2OS. The first kappa shape index (κ1) is 16.4. The smallest absolute Gasteiger partial charge is 0.182 e. The van der Waals surface area contributed by atoms with Crippen molar-refractivity contribution in [2.24, 2.45) is 5.92 Å². The van der Waals surface area contributed by atoms with Crippen LogP contribution in [0.2, 0.25) is 0 Å². The summed E-state index contributed by atoms with van der Waals surface area (Å²) in [5, 5.41) is 4.32. The van der Waals surface area contributed by atoms with E-state index in [-0.39, 0.29) is 0 Å². The van der Waals surface area contributed by atoms with Crippen LogP contribution in [-0.4, -0.2) is 18.1 Å². The van der Waals surface area contributed by atoms with Crippen LogP contribution in [0.1, 0.15) is 57.8 Å². The van der Waals surface area contributed by atoms with Crippen molar-refractivity contribution in [3.8, 4) is 0 Å². The van der Waals surface area contributed by atoms with Gasteiger partial charge in [-0.1, -0.05) is 51.4 Å². The van der Waals surface area contributed by atoms with Crippen molar-refractivity contribution in [1.82, 2.24) is 4.98 Å². The SMILES string of the molecule is CCCCC(CC)COCc1cnc(NCCC)s1. The van der Waals surface area contributed by atoms with Crippen LogP contribution in [0.15, 0.2) is 6.20 Å². The Kier molecular flexibility index (Phi) is 8.84. The van der Waals surface area contributed by atoms with Gasteiger partial charge in [-0.25, -0.2) is 4.98 Å². The lowest BCUT2D eigenvalue weighted by Crippen LogP contribution is -2.08. The summed E-state index contributed by atoms with van der Waals surface area (Å²) in [7, 11) is 0. The average molecular weight is 284 g/mol. The van der Waals surface area contributed by atoms with Crippen molar-refractivity contribution in [3.63, 3.8) is 0 Å². The van der Waals surface area contributed by atoms with Gasteiger partial charge in [-0.05, 0) is 18.8 Å². The first-order chi connectivity index (χ1) is 9.30. The van der Waals surface area contributed by atoms with E-state index in [4.69, 9.17) is 4.74 Å². The van der Waals surface area contributed by atoms with Gasteiger partial charge in [0.15, 0.2) is 5.13 Å². The van der Waals surface area contributed by atoms with Crippen molar-refractivity contribution in [2.75, 3.05) is 18.5 Å². The zero-order valence-electron chi connectivity index (χ0n) is 12.6. The van der Waals surface area contributed by atoms with Gasteiger partial charge < -0.3 is 10.1 Å². The number of hydrogen-bond donors (Lipinski definition) is 1. The third-order valence-corrected chi connectivity index (χ3v) is 4.15. The Labute approximate surface area is 121 Å². The fourth-order valence-electron chi connectivity index (χ4n) is 1.91. The van der Waals surface area contributed by atoms with E-state index in [1.54, 1.807) is 11.3 Å². The van der Waals surface area contributed by atoms with Gasteiger partial charge in [0.1, 0.15) is 0 Å². The highest BCUT2D eigenvalue weighted by Crippen LogP contribution is 2.20. The molecule has 1 unspecified atom stereocenters. The van der Waals surface area contributed by atoms with Gasteiger partial charge in [-0.2, -0.15) is 0 Å². The summed E-state index contributed by atoms with van der Waals surface area (Å²) in [6.07, 6.45) is 8.15. The topological polar surface area (TPSA) is 34.1 Å². The van der Waals surface area contributed by atoms with E-state index < -0.39 is 0 Å². The summed E-state index contributed by atoms with van der Waals surface area (Å²) in [5.41, 5.74) is 0. The van der Waals surface area contributed by atoms with Crippen LogP contribution in [-0.2, 0) is 11.3 Å². The van der Waals surface area contributed by atoms with Crippen LogP contribution in [0.5, 0.6) is 0 Å². The fraction of sp³-hybridized carbons (Fsp3) is 0.800. The van der Waals surface area contributed by atoms with Crippen LogP contribution in [0.25, 0.3) is 0 Å². The molecule has 110 valence electrons. The summed E-state index contributed by atoms with van der Waals surface area (Å²) in [5.74, 6) is 0.713. The Balaban J connectivity index is 2.22. The van der Waals surface area contributed by atoms with E-state index in [1.165, 1.54) is 30.6 Å². The second-order valence-corrected chi connectivity index (χ2v) is 6.11. The Bertz CT molecular complexity index is 328. The van der Waals surface area contributed by atoms with E-state index in [9.17, 15) is 0 Å². The van der Waals surface area contributed by atoms with E-state index in [0.717, 1.165) is 24.7 Å². The van der Waals surface area contributed by atoms with E-state index in [2.05, 4.69) is 31.1 Å². The second kappa shape index (κ2) is 10.2. The normalized spacial score (nSPS) is 12.6. The first-order valence-corrected chi connectivity index (χ1v) is 8.38. The molecule has 0 amide bonds. The molecule has 0 radical (unpaired) electrons. The summed E-state index contributed by atoms with van der Waals surface area (Å²) < 4.78 is 5.83. The summed E-state index contributed by atoms with van der Waals surface area (Å²) >= 11 is 1.70. The lowest BCUT2D eigenvalue weighted by Gasteiger charge is -2.13. The minimum atomic E-state index is 0.702. The molecule has 0 fully saturated rings. The average Bonchev–Trinajstić information content (AvgIpc) is 2.88. The van der Waals surface area contributed by atoms with Gasteiger partial charge in [0.25, 0.3) is 0 Å². The molecule has 1 heterocycles. The maximum Gasteiger partial charge on any atom is 0.182 e. The van der Waals surface area contributed by atoms with Crippen molar-refractivity contribution < 1.29 is 4.74 Å². The zero-order valence-corrected chi connectivity index (χ0v) is 13.4. The van der Waals surface area contributed by atoms with Crippen LogP contribution in [0.3, 0.4) is 0 Å². The number of anilines is 1. The molecule has 1 aromatic heterocycles. The number of unbranched alkanes of at least 4 members (excludes halogenated alkanes) is 1. The molecule has 3 nitrogen and oxygen atoms in total. The largest absolute Gasteiger partial charge is 0.376 e. The zero-order chi connectivity index (χ0) is 13.9. The lowest BCUT2D eigenvalue weighted by atomic mass is 10.0. The summed E-state index contributed by atoms with van der Waals surface area (Å²) in [4.78, 5) is 5.56. The molecule has 1 aromatic rings. The molecule has 19 heavy (non-hydrogen) atoms. The molecule has 4 heteroatoms. The third kappa shape index (κ3) is 6.92. The number of thiazole rings is 1. The number of nitrogens with one attached hydrogen (secondary N) is 1. The molecule has 0 saturated heterocycles. The van der Waals surface area contributed by atoms with Gasteiger partial charge >= 0.3 is 0 Å². The van der Waals surface area contributed by atoms with Gasteiger partial charge in [0, 0.05) is 19.3 Å². The maximum atomic E-state index is 5.83. The highest BCUT2D eigenvalue weighted by atomic mass is 32.1. The second-order valence-electron chi connectivity index (χ2n) is 4.99. The van der Waals surface area contributed by atoms with Crippen molar-refractivity contribution in [1.29, 1.82) is 0 Å².